The number of hydrogen-bond donors (Lipinski definition) is 2. The first-order valence-corrected chi connectivity index (χ1v) is 7.84. The lowest BCUT2D eigenvalue weighted by molar-refractivity contribution is -0.136. The number of benzene rings is 1. The van der Waals surface area contributed by atoms with Gasteiger partial charge in [-0.3, -0.25) is 0 Å². The number of aliphatic hydroxyl groups excluding tert-OH is 2. The summed E-state index contributed by atoms with van der Waals surface area (Å²) in [7, 11) is 0. The molecule has 1 aliphatic carbocycles. The van der Waals surface area contributed by atoms with Crippen molar-refractivity contribution in [2.75, 3.05) is 6.61 Å². The van der Waals surface area contributed by atoms with Crippen LogP contribution in [0.4, 0.5) is 0 Å². The lowest BCUT2D eigenvalue weighted by Crippen LogP contribution is -2.41. The summed E-state index contributed by atoms with van der Waals surface area (Å²) in [6.07, 6.45) is 3.24. The summed E-state index contributed by atoms with van der Waals surface area (Å²) < 4.78 is 5.32. The number of ether oxygens (including phenoxy) is 1. The minimum absolute atomic E-state index is 0.104. The maximum Gasteiger partial charge on any atom is 0.340 e. The molecular weight excluding hydrogens is 292 g/mol. The summed E-state index contributed by atoms with van der Waals surface area (Å²) in [6.45, 7) is 5.54. The Morgan fingerprint density at radius 3 is 2.52 bits per heavy atom. The third-order valence-corrected chi connectivity index (χ3v) is 4.90. The Kier molecular flexibility index (Phi) is 5.39. The van der Waals surface area contributed by atoms with E-state index in [1.807, 2.05) is 39.0 Å². The molecule has 0 radical (unpaired) electrons. The second-order valence-electron chi connectivity index (χ2n) is 6.00. The van der Waals surface area contributed by atoms with E-state index in [1.54, 1.807) is 24.3 Å². The average Bonchev–Trinajstić information content (AvgIpc) is 2.87. The molecule has 1 aromatic rings. The van der Waals surface area contributed by atoms with Crippen molar-refractivity contribution < 1.29 is 19.7 Å². The van der Waals surface area contributed by atoms with Gasteiger partial charge in [-0.25, -0.2) is 4.79 Å². The second-order valence-corrected chi connectivity index (χ2v) is 6.00. The fraction of sp³-hybridized carbons (Fsp3) is 0.421. The van der Waals surface area contributed by atoms with Gasteiger partial charge < -0.3 is 14.9 Å². The van der Waals surface area contributed by atoms with Crippen molar-refractivity contribution in [3.63, 3.8) is 0 Å². The predicted molar refractivity (Wildman–Crippen MR) is 88.7 cm³/mol. The molecule has 4 nitrogen and oxygen atoms in total. The Morgan fingerprint density at radius 1 is 1.35 bits per heavy atom. The van der Waals surface area contributed by atoms with E-state index in [1.165, 1.54) is 0 Å². The van der Waals surface area contributed by atoms with E-state index in [9.17, 15) is 15.0 Å². The monoisotopic (exact) mass is 316 g/mol. The van der Waals surface area contributed by atoms with Gasteiger partial charge in [0.25, 0.3) is 0 Å². The van der Waals surface area contributed by atoms with Gasteiger partial charge >= 0.3 is 5.97 Å². The third kappa shape index (κ3) is 3.09. The van der Waals surface area contributed by atoms with E-state index in [2.05, 4.69) is 0 Å². The Morgan fingerprint density at radius 2 is 2.00 bits per heavy atom. The molecule has 0 aromatic heterocycles. The highest BCUT2D eigenvalue weighted by Crippen LogP contribution is 2.52. The van der Waals surface area contributed by atoms with E-state index in [0.717, 1.165) is 11.1 Å². The number of rotatable bonds is 4. The molecule has 1 fully saturated rings. The Labute approximate surface area is 137 Å². The Hall–Kier alpha value is -1.91. The van der Waals surface area contributed by atoms with Gasteiger partial charge in [0.1, 0.15) is 0 Å². The van der Waals surface area contributed by atoms with Crippen LogP contribution in [0.2, 0.25) is 0 Å². The van der Waals surface area contributed by atoms with Crippen molar-refractivity contribution in [1.82, 2.24) is 0 Å². The summed E-state index contributed by atoms with van der Waals surface area (Å²) in [6, 6.07) is 8.58. The fourth-order valence-electron chi connectivity index (χ4n) is 3.36. The molecule has 2 unspecified atom stereocenters. The van der Waals surface area contributed by atoms with Crippen LogP contribution >= 0.6 is 0 Å². The molecule has 1 aromatic carbocycles. The standard InChI is InChI=1S/C19H24O4/c1-4-13-11-15(5-2)19(3,16(13)12-20)18(22)23-17(21)14-9-7-6-8-10-14/h4-10,16,18,20,22H,11-12H2,1-3H3/b13-4-,15-5-/t16?,18-,19?/m1/s1. The summed E-state index contributed by atoms with van der Waals surface area (Å²) >= 11 is 0. The summed E-state index contributed by atoms with van der Waals surface area (Å²) in [5.41, 5.74) is 1.59. The highest BCUT2D eigenvalue weighted by atomic mass is 16.6. The minimum Gasteiger partial charge on any atom is -0.431 e. The second kappa shape index (κ2) is 7.11. The van der Waals surface area contributed by atoms with Crippen LogP contribution in [-0.2, 0) is 4.74 Å². The zero-order valence-electron chi connectivity index (χ0n) is 13.8. The van der Waals surface area contributed by atoms with Gasteiger partial charge in [-0.05, 0) is 39.3 Å². The minimum atomic E-state index is -1.32. The summed E-state index contributed by atoms with van der Waals surface area (Å²) in [4.78, 5) is 12.2. The van der Waals surface area contributed by atoms with E-state index < -0.39 is 17.7 Å². The van der Waals surface area contributed by atoms with Gasteiger partial charge in [0.2, 0.25) is 6.29 Å². The highest BCUT2D eigenvalue weighted by molar-refractivity contribution is 5.89. The largest absolute Gasteiger partial charge is 0.431 e. The number of esters is 1. The number of aliphatic hydroxyl groups is 2. The highest BCUT2D eigenvalue weighted by Gasteiger charge is 2.51. The van der Waals surface area contributed by atoms with Crippen molar-refractivity contribution in [1.29, 1.82) is 0 Å². The number of carbonyl (C=O) groups is 1. The maximum absolute atomic E-state index is 12.2. The quantitative estimate of drug-likeness (QED) is 0.509. The number of carbonyl (C=O) groups excluding carboxylic acids is 1. The van der Waals surface area contributed by atoms with Crippen molar-refractivity contribution in [2.24, 2.45) is 11.3 Å². The van der Waals surface area contributed by atoms with Crippen LogP contribution in [0.15, 0.2) is 53.6 Å². The predicted octanol–water partition coefficient (Wildman–Crippen LogP) is 3.07. The molecule has 3 atom stereocenters. The Bertz CT molecular complexity index is 618. The average molecular weight is 316 g/mol. The van der Waals surface area contributed by atoms with Gasteiger partial charge in [-0.15, -0.1) is 0 Å². The molecule has 23 heavy (non-hydrogen) atoms. The first kappa shape index (κ1) is 17.4. The van der Waals surface area contributed by atoms with Crippen LogP contribution in [0.1, 0.15) is 37.6 Å². The number of hydrogen-bond acceptors (Lipinski definition) is 4. The van der Waals surface area contributed by atoms with Gasteiger partial charge in [-0.1, -0.05) is 41.5 Å². The maximum atomic E-state index is 12.2. The van der Waals surface area contributed by atoms with Gasteiger partial charge in [0.05, 0.1) is 17.6 Å². The normalized spacial score (nSPS) is 29.0. The van der Waals surface area contributed by atoms with Crippen LogP contribution in [0.3, 0.4) is 0 Å². The van der Waals surface area contributed by atoms with Gasteiger partial charge in [0.15, 0.2) is 0 Å². The zero-order chi connectivity index (χ0) is 17.0. The molecule has 2 rings (SSSR count). The molecule has 0 heterocycles. The first-order valence-electron chi connectivity index (χ1n) is 7.84. The van der Waals surface area contributed by atoms with Gasteiger partial charge in [0, 0.05) is 5.92 Å². The van der Waals surface area contributed by atoms with Gasteiger partial charge in [-0.2, -0.15) is 0 Å². The molecule has 0 amide bonds. The summed E-state index contributed by atoms with van der Waals surface area (Å²) in [5.74, 6) is -0.835. The molecule has 1 aliphatic rings. The van der Waals surface area contributed by atoms with Crippen LogP contribution in [0.25, 0.3) is 0 Å². The molecule has 0 saturated heterocycles. The van der Waals surface area contributed by atoms with Crippen LogP contribution in [0, 0.1) is 11.3 Å². The van der Waals surface area contributed by atoms with Crippen LogP contribution in [0.5, 0.6) is 0 Å². The number of allylic oxidation sites excluding steroid dienone is 2. The molecule has 0 bridgehead atoms. The molecule has 4 heteroatoms. The van der Waals surface area contributed by atoms with Crippen molar-refractivity contribution in [2.45, 2.75) is 33.5 Å². The van der Waals surface area contributed by atoms with Crippen molar-refractivity contribution in [3.8, 4) is 0 Å². The molecule has 2 N–H and O–H groups in total. The van der Waals surface area contributed by atoms with Crippen molar-refractivity contribution >= 4 is 5.97 Å². The molecule has 0 aliphatic heterocycles. The molecular formula is C19H24O4. The van der Waals surface area contributed by atoms with E-state index in [0.29, 0.717) is 12.0 Å². The smallest absolute Gasteiger partial charge is 0.340 e. The molecule has 1 saturated carbocycles. The van der Waals surface area contributed by atoms with Crippen LogP contribution in [-0.4, -0.2) is 29.1 Å². The topological polar surface area (TPSA) is 66.8 Å². The summed E-state index contributed by atoms with van der Waals surface area (Å²) in [5, 5.41) is 20.4. The lowest BCUT2D eigenvalue weighted by atomic mass is 9.75. The third-order valence-electron chi connectivity index (χ3n) is 4.90. The molecule has 124 valence electrons. The van der Waals surface area contributed by atoms with E-state index >= 15 is 0 Å². The molecule has 0 spiro atoms. The SMILES string of the molecule is C/C=C1/C/C(=C/C)C(C)([C@H](O)OC(=O)c2ccccc2)C1CO. The first-order chi connectivity index (χ1) is 11.0. The van der Waals surface area contributed by atoms with E-state index in [-0.39, 0.29) is 12.5 Å². The van der Waals surface area contributed by atoms with E-state index in [4.69, 9.17) is 4.74 Å². The Balaban J connectivity index is 2.28. The lowest BCUT2D eigenvalue weighted by Gasteiger charge is -2.36. The van der Waals surface area contributed by atoms with Crippen molar-refractivity contribution in [3.05, 3.63) is 59.2 Å². The fourth-order valence-corrected chi connectivity index (χ4v) is 3.36. The zero-order valence-corrected chi connectivity index (χ0v) is 13.8. The van der Waals surface area contributed by atoms with Crippen LogP contribution < -0.4 is 0 Å².